The van der Waals surface area contributed by atoms with E-state index in [0.717, 1.165) is 24.3 Å². The molecule has 1 aromatic rings. The highest BCUT2D eigenvalue weighted by atomic mass is 14.9. The first-order valence-electron chi connectivity index (χ1n) is 8.03. The fourth-order valence-electron chi connectivity index (χ4n) is 4.31. The lowest BCUT2D eigenvalue weighted by molar-refractivity contribution is 0.455. The molecular weight excluding hydrogens is 230 g/mol. The quantitative estimate of drug-likeness (QED) is 0.843. The van der Waals surface area contributed by atoms with Gasteiger partial charge >= 0.3 is 0 Å². The lowest BCUT2D eigenvalue weighted by Crippen LogP contribution is -2.24. The maximum Gasteiger partial charge on any atom is 0.0356 e. The van der Waals surface area contributed by atoms with Crippen LogP contribution < -0.4 is 5.32 Å². The molecule has 2 aliphatic carbocycles. The molecule has 19 heavy (non-hydrogen) atoms. The Labute approximate surface area is 117 Å². The van der Waals surface area contributed by atoms with E-state index in [9.17, 15) is 0 Å². The molecule has 2 aliphatic rings. The van der Waals surface area contributed by atoms with Crippen LogP contribution in [0.3, 0.4) is 0 Å². The fourth-order valence-corrected chi connectivity index (χ4v) is 4.31. The molecule has 3 unspecified atom stereocenters. The largest absolute Gasteiger partial charge is 0.310 e. The number of aryl methyl sites for hydroxylation is 2. The Hall–Kier alpha value is -0.820. The SMILES string of the molecule is CCNC(c1cc(C)ccc1C)C1C2CCCCC21. The minimum Gasteiger partial charge on any atom is -0.310 e. The van der Waals surface area contributed by atoms with E-state index in [1.54, 1.807) is 5.56 Å². The van der Waals surface area contributed by atoms with Crippen LogP contribution in [0.2, 0.25) is 0 Å². The molecule has 1 nitrogen and oxygen atoms in total. The first-order valence-corrected chi connectivity index (χ1v) is 8.03. The van der Waals surface area contributed by atoms with Crippen molar-refractivity contribution < 1.29 is 0 Å². The lowest BCUT2D eigenvalue weighted by atomic mass is 9.94. The van der Waals surface area contributed by atoms with Gasteiger partial charge < -0.3 is 5.32 Å². The second kappa shape index (κ2) is 5.28. The molecular formula is C18H27N. The highest BCUT2D eigenvalue weighted by Crippen LogP contribution is 2.60. The van der Waals surface area contributed by atoms with E-state index in [0.29, 0.717) is 6.04 Å². The summed E-state index contributed by atoms with van der Waals surface area (Å²) in [5, 5.41) is 3.79. The molecule has 0 heterocycles. The number of nitrogens with one attached hydrogen (secondary N) is 1. The van der Waals surface area contributed by atoms with Gasteiger partial charge in [0.25, 0.3) is 0 Å². The highest BCUT2D eigenvalue weighted by Gasteiger charge is 2.54. The van der Waals surface area contributed by atoms with Crippen LogP contribution in [0.25, 0.3) is 0 Å². The molecule has 2 saturated carbocycles. The van der Waals surface area contributed by atoms with Gasteiger partial charge in [0.15, 0.2) is 0 Å². The Bertz CT molecular complexity index is 439. The van der Waals surface area contributed by atoms with Crippen molar-refractivity contribution in [3.63, 3.8) is 0 Å². The summed E-state index contributed by atoms with van der Waals surface area (Å²) in [4.78, 5) is 0. The van der Waals surface area contributed by atoms with Gasteiger partial charge in [-0.25, -0.2) is 0 Å². The number of fused-ring (bicyclic) bond motifs is 1. The minimum atomic E-state index is 0.595. The number of hydrogen-bond donors (Lipinski definition) is 1. The van der Waals surface area contributed by atoms with Crippen LogP contribution in [0.5, 0.6) is 0 Å². The summed E-state index contributed by atoms with van der Waals surface area (Å²) >= 11 is 0. The van der Waals surface area contributed by atoms with Crippen molar-refractivity contribution in [2.45, 2.75) is 52.5 Å². The van der Waals surface area contributed by atoms with Crippen molar-refractivity contribution in [1.82, 2.24) is 5.32 Å². The van der Waals surface area contributed by atoms with Crippen LogP contribution >= 0.6 is 0 Å². The molecule has 1 aromatic carbocycles. The summed E-state index contributed by atoms with van der Waals surface area (Å²) < 4.78 is 0. The van der Waals surface area contributed by atoms with Gasteiger partial charge in [-0.1, -0.05) is 43.5 Å². The second-order valence-corrected chi connectivity index (χ2v) is 6.58. The summed E-state index contributed by atoms with van der Waals surface area (Å²) in [7, 11) is 0. The third kappa shape index (κ3) is 2.45. The first kappa shape index (κ1) is 13.2. The predicted molar refractivity (Wildman–Crippen MR) is 81.3 cm³/mol. The minimum absolute atomic E-state index is 0.595. The third-order valence-electron chi connectivity index (χ3n) is 5.30. The van der Waals surface area contributed by atoms with E-state index >= 15 is 0 Å². The molecule has 0 saturated heterocycles. The normalized spacial score (nSPS) is 30.8. The first-order chi connectivity index (χ1) is 9.22. The molecule has 3 rings (SSSR count). The maximum absolute atomic E-state index is 3.79. The summed E-state index contributed by atoms with van der Waals surface area (Å²) in [6.07, 6.45) is 5.87. The van der Waals surface area contributed by atoms with Gasteiger partial charge in [-0.2, -0.15) is 0 Å². The van der Waals surface area contributed by atoms with Gasteiger partial charge in [-0.05, 0) is 62.1 Å². The number of hydrogen-bond acceptors (Lipinski definition) is 1. The average Bonchev–Trinajstić information content (AvgIpc) is 3.13. The Kier molecular flexibility index (Phi) is 3.66. The molecule has 1 heteroatoms. The van der Waals surface area contributed by atoms with Gasteiger partial charge in [0.2, 0.25) is 0 Å². The Morgan fingerprint density at radius 2 is 1.84 bits per heavy atom. The standard InChI is InChI=1S/C18H27N/c1-4-19-18(16-11-12(2)9-10-13(16)3)17-14-7-5-6-8-15(14)17/h9-11,14-15,17-19H,4-8H2,1-3H3. The molecule has 2 fully saturated rings. The van der Waals surface area contributed by atoms with Crippen LogP contribution in [-0.4, -0.2) is 6.54 Å². The molecule has 104 valence electrons. The van der Waals surface area contributed by atoms with Crippen molar-refractivity contribution in [2.24, 2.45) is 17.8 Å². The average molecular weight is 257 g/mol. The van der Waals surface area contributed by atoms with E-state index in [-0.39, 0.29) is 0 Å². The Morgan fingerprint density at radius 3 is 2.47 bits per heavy atom. The third-order valence-corrected chi connectivity index (χ3v) is 5.30. The van der Waals surface area contributed by atoms with Crippen molar-refractivity contribution in [3.05, 3.63) is 34.9 Å². The highest BCUT2D eigenvalue weighted by molar-refractivity contribution is 5.35. The van der Waals surface area contributed by atoms with Crippen molar-refractivity contribution in [2.75, 3.05) is 6.54 Å². The smallest absolute Gasteiger partial charge is 0.0356 e. The number of rotatable bonds is 4. The zero-order valence-electron chi connectivity index (χ0n) is 12.6. The van der Waals surface area contributed by atoms with Gasteiger partial charge in [0, 0.05) is 6.04 Å². The van der Waals surface area contributed by atoms with Gasteiger partial charge in [-0.3, -0.25) is 0 Å². The maximum atomic E-state index is 3.79. The van der Waals surface area contributed by atoms with Crippen LogP contribution in [0.15, 0.2) is 18.2 Å². The molecule has 0 spiro atoms. The molecule has 1 N–H and O–H groups in total. The van der Waals surface area contributed by atoms with E-state index in [4.69, 9.17) is 0 Å². The molecule has 0 bridgehead atoms. The fraction of sp³-hybridized carbons (Fsp3) is 0.667. The molecule has 0 amide bonds. The summed E-state index contributed by atoms with van der Waals surface area (Å²) in [5.74, 6) is 2.93. The van der Waals surface area contributed by atoms with Crippen molar-refractivity contribution in [1.29, 1.82) is 0 Å². The van der Waals surface area contributed by atoms with Gasteiger partial charge in [-0.15, -0.1) is 0 Å². The zero-order chi connectivity index (χ0) is 13.4. The Morgan fingerprint density at radius 1 is 1.16 bits per heavy atom. The van der Waals surface area contributed by atoms with Crippen LogP contribution in [0, 0.1) is 31.6 Å². The molecule has 0 aliphatic heterocycles. The van der Waals surface area contributed by atoms with E-state index in [2.05, 4.69) is 44.3 Å². The Balaban J connectivity index is 1.86. The van der Waals surface area contributed by atoms with Crippen molar-refractivity contribution >= 4 is 0 Å². The molecule has 0 aromatic heterocycles. The van der Waals surface area contributed by atoms with Crippen LogP contribution in [-0.2, 0) is 0 Å². The molecule has 3 atom stereocenters. The van der Waals surface area contributed by atoms with Gasteiger partial charge in [0.05, 0.1) is 0 Å². The second-order valence-electron chi connectivity index (χ2n) is 6.58. The van der Waals surface area contributed by atoms with E-state index in [1.165, 1.54) is 36.8 Å². The van der Waals surface area contributed by atoms with Crippen LogP contribution in [0.4, 0.5) is 0 Å². The lowest BCUT2D eigenvalue weighted by Gasteiger charge is -2.21. The topological polar surface area (TPSA) is 12.0 Å². The number of benzene rings is 1. The van der Waals surface area contributed by atoms with Gasteiger partial charge in [0.1, 0.15) is 0 Å². The summed E-state index contributed by atoms with van der Waals surface area (Å²) in [6.45, 7) is 7.80. The zero-order valence-corrected chi connectivity index (χ0v) is 12.6. The van der Waals surface area contributed by atoms with E-state index in [1.807, 2.05) is 0 Å². The van der Waals surface area contributed by atoms with E-state index < -0.39 is 0 Å². The van der Waals surface area contributed by atoms with Crippen LogP contribution in [0.1, 0.15) is 55.3 Å². The molecule has 0 radical (unpaired) electrons. The summed E-state index contributed by atoms with van der Waals surface area (Å²) in [5.41, 5.74) is 4.41. The van der Waals surface area contributed by atoms with Crippen molar-refractivity contribution in [3.8, 4) is 0 Å². The monoisotopic (exact) mass is 257 g/mol. The predicted octanol–water partition coefficient (Wildman–Crippen LogP) is 4.39. The summed E-state index contributed by atoms with van der Waals surface area (Å²) in [6, 6.07) is 7.54.